The Hall–Kier alpha value is -2.73. The standard InChI is InChI=1S/C19H25N3O3/c1-22(2)17(16-10-5-6-11-18(16)25-4)13-20-19(23)21-14-8-7-9-15(12-14)24-3/h5-12,17H,13H2,1-4H3,(H2,20,21,23). The van der Waals surface area contributed by atoms with Crippen molar-refractivity contribution in [1.82, 2.24) is 10.2 Å². The summed E-state index contributed by atoms with van der Waals surface area (Å²) in [5, 5.41) is 5.72. The van der Waals surface area contributed by atoms with Gasteiger partial charge in [-0.15, -0.1) is 0 Å². The van der Waals surface area contributed by atoms with E-state index >= 15 is 0 Å². The Labute approximate surface area is 148 Å². The minimum absolute atomic E-state index is 0.00721. The van der Waals surface area contributed by atoms with Crippen LogP contribution < -0.4 is 20.1 Å². The molecule has 0 heterocycles. The van der Waals surface area contributed by atoms with Crippen LogP contribution >= 0.6 is 0 Å². The van der Waals surface area contributed by atoms with Gasteiger partial charge in [0, 0.05) is 23.9 Å². The van der Waals surface area contributed by atoms with Gasteiger partial charge in [0.2, 0.25) is 0 Å². The quantitative estimate of drug-likeness (QED) is 0.811. The van der Waals surface area contributed by atoms with Gasteiger partial charge in [0.05, 0.1) is 20.3 Å². The molecule has 2 aromatic rings. The maximum Gasteiger partial charge on any atom is 0.319 e. The van der Waals surface area contributed by atoms with E-state index in [0.29, 0.717) is 18.0 Å². The number of anilines is 1. The topological polar surface area (TPSA) is 62.8 Å². The SMILES string of the molecule is COc1cccc(NC(=O)NCC(c2ccccc2OC)N(C)C)c1. The zero-order chi connectivity index (χ0) is 18.2. The molecular weight excluding hydrogens is 318 g/mol. The first-order valence-electron chi connectivity index (χ1n) is 8.03. The van der Waals surface area contributed by atoms with Gasteiger partial charge in [-0.3, -0.25) is 0 Å². The van der Waals surface area contributed by atoms with Crippen LogP contribution in [0.5, 0.6) is 11.5 Å². The first kappa shape index (κ1) is 18.6. The summed E-state index contributed by atoms with van der Waals surface area (Å²) in [6.07, 6.45) is 0. The largest absolute Gasteiger partial charge is 0.497 e. The third kappa shape index (κ3) is 5.12. The van der Waals surface area contributed by atoms with E-state index in [9.17, 15) is 4.79 Å². The average molecular weight is 343 g/mol. The molecule has 0 fully saturated rings. The Kier molecular flexibility index (Phi) is 6.65. The molecule has 0 saturated heterocycles. The van der Waals surface area contributed by atoms with Crippen LogP contribution in [0.4, 0.5) is 10.5 Å². The van der Waals surface area contributed by atoms with Crippen molar-refractivity contribution in [2.75, 3.05) is 40.2 Å². The number of amides is 2. The molecule has 0 aliphatic rings. The molecule has 0 spiro atoms. The van der Waals surface area contributed by atoms with Gasteiger partial charge in [-0.1, -0.05) is 24.3 Å². The molecule has 0 aromatic heterocycles. The summed E-state index contributed by atoms with van der Waals surface area (Å²) in [6.45, 7) is 0.448. The van der Waals surface area contributed by atoms with Crippen molar-refractivity contribution in [3.63, 3.8) is 0 Å². The van der Waals surface area contributed by atoms with Crippen molar-refractivity contribution < 1.29 is 14.3 Å². The van der Waals surface area contributed by atoms with Crippen LogP contribution in [0, 0.1) is 0 Å². The van der Waals surface area contributed by atoms with Crippen LogP contribution in [-0.2, 0) is 0 Å². The highest BCUT2D eigenvalue weighted by Crippen LogP contribution is 2.27. The van der Waals surface area contributed by atoms with Crippen molar-refractivity contribution >= 4 is 11.7 Å². The Morgan fingerprint density at radius 3 is 2.52 bits per heavy atom. The molecule has 134 valence electrons. The molecule has 6 nitrogen and oxygen atoms in total. The van der Waals surface area contributed by atoms with Crippen LogP contribution in [0.2, 0.25) is 0 Å². The van der Waals surface area contributed by atoms with Crippen molar-refractivity contribution in [1.29, 1.82) is 0 Å². The minimum Gasteiger partial charge on any atom is -0.497 e. The number of nitrogens with zero attached hydrogens (tertiary/aromatic N) is 1. The minimum atomic E-state index is -0.269. The number of benzene rings is 2. The molecule has 2 aromatic carbocycles. The number of rotatable bonds is 7. The number of likely N-dealkylation sites (N-methyl/N-ethyl adjacent to an activating group) is 1. The molecule has 2 N–H and O–H groups in total. The van der Waals surface area contributed by atoms with E-state index in [1.165, 1.54) is 0 Å². The molecule has 2 amide bonds. The lowest BCUT2D eigenvalue weighted by atomic mass is 10.0. The van der Waals surface area contributed by atoms with Gasteiger partial charge in [0.1, 0.15) is 11.5 Å². The number of carbonyl (C=O) groups is 1. The number of para-hydroxylation sites is 1. The van der Waals surface area contributed by atoms with Crippen LogP contribution in [0.1, 0.15) is 11.6 Å². The molecule has 0 aliphatic carbocycles. The highest BCUT2D eigenvalue weighted by atomic mass is 16.5. The molecule has 6 heteroatoms. The normalized spacial score (nSPS) is 11.7. The molecule has 0 saturated carbocycles. The lowest BCUT2D eigenvalue weighted by Crippen LogP contribution is -2.37. The summed E-state index contributed by atoms with van der Waals surface area (Å²) >= 11 is 0. The Morgan fingerprint density at radius 1 is 1.08 bits per heavy atom. The fourth-order valence-corrected chi connectivity index (χ4v) is 2.58. The number of carbonyl (C=O) groups excluding carboxylic acids is 1. The number of nitrogens with one attached hydrogen (secondary N) is 2. The first-order chi connectivity index (χ1) is 12.0. The second-order valence-electron chi connectivity index (χ2n) is 5.79. The zero-order valence-electron chi connectivity index (χ0n) is 15.1. The lowest BCUT2D eigenvalue weighted by molar-refractivity contribution is 0.242. The van der Waals surface area contributed by atoms with Gasteiger partial charge in [0.15, 0.2) is 0 Å². The van der Waals surface area contributed by atoms with Crippen molar-refractivity contribution in [2.24, 2.45) is 0 Å². The molecule has 0 aliphatic heterocycles. The third-order valence-corrected chi connectivity index (χ3v) is 3.90. The Bertz CT molecular complexity index is 704. The van der Waals surface area contributed by atoms with Gasteiger partial charge >= 0.3 is 6.03 Å². The number of ether oxygens (including phenoxy) is 2. The van der Waals surface area contributed by atoms with E-state index in [1.807, 2.05) is 61.5 Å². The Morgan fingerprint density at radius 2 is 1.84 bits per heavy atom. The number of hydrogen-bond acceptors (Lipinski definition) is 4. The van der Waals surface area contributed by atoms with Crippen LogP contribution in [0.25, 0.3) is 0 Å². The van der Waals surface area contributed by atoms with Crippen molar-refractivity contribution in [3.8, 4) is 11.5 Å². The molecular formula is C19H25N3O3. The summed E-state index contributed by atoms with van der Waals surface area (Å²) in [7, 11) is 7.18. The van der Waals surface area contributed by atoms with E-state index in [-0.39, 0.29) is 12.1 Å². The smallest absolute Gasteiger partial charge is 0.319 e. The summed E-state index contributed by atoms with van der Waals surface area (Å²) in [5.41, 5.74) is 1.70. The van der Waals surface area contributed by atoms with Gasteiger partial charge in [-0.2, -0.15) is 0 Å². The van der Waals surface area contributed by atoms with E-state index in [1.54, 1.807) is 20.3 Å². The summed E-state index contributed by atoms with van der Waals surface area (Å²) in [4.78, 5) is 14.3. The summed E-state index contributed by atoms with van der Waals surface area (Å²) in [5.74, 6) is 1.49. The monoisotopic (exact) mass is 343 g/mol. The fourth-order valence-electron chi connectivity index (χ4n) is 2.58. The Balaban J connectivity index is 2.02. The number of methoxy groups -OCH3 is 2. The van der Waals surface area contributed by atoms with Gasteiger partial charge in [0.25, 0.3) is 0 Å². The molecule has 0 bridgehead atoms. The van der Waals surface area contributed by atoms with Crippen molar-refractivity contribution in [2.45, 2.75) is 6.04 Å². The van der Waals surface area contributed by atoms with Gasteiger partial charge in [-0.25, -0.2) is 4.79 Å². The average Bonchev–Trinajstić information content (AvgIpc) is 2.62. The van der Waals surface area contributed by atoms with Gasteiger partial charge in [-0.05, 0) is 32.3 Å². The van der Waals surface area contributed by atoms with Crippen LogP contribution in [0.3, 0.4) is 0 Å². The van der Waals surface area contributed by atoms with E-state index in [2.05, 4.69) is 10.6 Å². The van der Waals surface area contributed by atoms with Crippen LogP contribution in [-0.4, -0.2) is 45.8 Å². The molecule has 1 atom stereocenters. The highest BCUT2D eigenvalue weighted by Gasteiger charge is 2.19. The van der Waals surface area contributed by atoms with Crippen LogP contribution in [0.15, 0.2) is 48.5 Å². The molecule has 2 rings (SSSR count). The second kappa shape index (κ2) is 8.94. The zero-order valence-corrected chi connectivity index (χ0v) is 15.1. The fraction of sp³-hybridized carbons (Fsp3) is 0.316. The van der Waals surface area contributed by atoms with E-state index < -0.39 is 0 Å². The molecule has 1 unspecified atom stereocenters. The number of hydrogen-bond donors (Lipinski definition) is 2. The first-order valence-corrected chi connectivity index (χ1v) is 8.03. The predicted molar refractivity (Wildman–Crippen MR) is 99.4 cm³/mol. The predicted octanol–water partition coefficient (Wildman–Crippen LogP) is 3.13. The number of urea groups is 1. The lowest BCUT2D eigenvalue weighted by Gasteiger charge is -2.26. The maximum atomic E-state index is 12.2. The van der Waals surface area contributed by atoms with E-state index in [0.717, 1.165) is 11.3 Å². The van der Waals surface area contributed by atoms with Gasteiger partial charge < -0.3 is 25.0 Å². The maximum absolute atomic E-state index is 12.2. The van der Waals surface area contributed by atoms with E-state index in [4.69, 9.17) is 9.47 Å². The van der Waals surface area contributed by atoms with Crippen molar-refractivity contribution in [3.05, 3.63) is 54.1 Å². The molecule has 0 radical (unpaired) electrons. The summed E-state index contributed by atoms with van der Waals surface area (Å²) < 4.78 is 10.6. The molecule has 25 heavy (non-hydrogen) atoms. The third-order valence-electron chi connectivity index (χ3n) is 3.90. The highest BCUT2D eigenvalue weighted by molar-refractivity contribution is 5.89. The summed E-state index contributed by atoms with van der Waals surface area (Å²) in [6, 6.07) is 14.8. The second-order valence-corrected chi connectivity index (χ2v) is 5.79.